The van der Waals surface area contributed by atoms with Crippen molar-refractivity contribution in [3.8, 4) is 0 Å². The number of carbonyl (C=O) groups excluding carboxylic acids is 2. The van der Waals surface area contributed by atoms with E-state index in [4.69, 9.17) is 18.9 Å². The largest absolute Gasteiger partial charge is 0.459 e. The van der Waals surface area contributed by atoms with Gasteiger partial charge in [-0.05, 0) is 24.8 Å². The molecular formula is C19H22O6. The third-order valence-electron chi connectivity index (χ3n) is 7.70. The predicted octanol–water partition coefficient (Wildman–Crippen LogP) is 1.37. The van der Waals surface area contributed by atoms with E-state index in [2.05, 4.69) is 6.92 Å². The Bertz CT molecular complexity index is 772. The minimum Gasteiger partial charge on any atom is -0.459 e. The Labute approximate surface area is 145 Å². The molecule has 0 N–H and O–H groups in total. The molecule has 6 nitrogen and oxygen atoms in total. The molecule has 5 fully saturated rings. The molecule has 3 saturated heterocycles. The Balaban J connectivity index is 1.58. The summed E-state index contributed by atoms with van der Waals surface area (Å²) in [7, 11) is 0. The highest BCUT2D eigenvalue weighted by molar-refractivity contribution is 5.87. The highest BCUT2D eigenvalue weighted by Crippen LogP contribution is 2.75. The van der Waals surface area contributed by atoms with E-state index in [1.165, 1.54) is 0 Å². The van der Waals surface area contributed by atoms with E-state index in [-0.39, 0.29) is 59.7 Å². The maximum atomic E-state index is 12.8. The van der Waals surface area contributed by atoms with Crippen molar-refractivity contribution in [2.24, 2.45) is 22.7 Å². The number of rotatable bonds is 1. The summed E-state index contributed by atoms with van der Waals surface area (Å²) in [6, 6.07) is 0. The van der Waals surface area contributed by atoms with Crippen LogP contribution in [0.15, 0.2) is 11.6 Å². The van der Waals surface area contributed by atoms with Crippen LogP contribution in [0.3, 0.4) is 0 Å². The molecule has 6 heteroatoms. The topological polar surface area (TPSA) is 77.7 Å². The van der Waals surface area contributed by atoms with Crippen LogP contribution >= 0.6 is 0 Å². The van der Waals surface area contributed by atoms with Gasteiger partial charge in [-0.25, -0.2) is 4.79 Å². The fourth-order valence-corrected chi connectivity index (χ4v) is 6.79. The third-order valence-corrected chi connectivity index (χ3v) is 7.70. The van der Waals surface area contributed by atoms with Crippen LogP contribution in [0, 0.1) is 22.7 Å². The molecule has 134 valence electrons. The monoisotopic (exact) mass is 346 g/mol. The molecule has 4 heterocycles. The van der Waals surface area contributed by atoms with Crippen LogP contribution in [0.25, 0.3) is 0 Å². The van der Waals surface area contributed by atoms with Gasteiger partial charge in [0.15, 0.2) is 5.60 Å². The van der Waals surface area contributed by atoms with Crippen molar-refractivity contribution in [2.75, 3.05) is 0 Å². The standard InChI is InChI=1S/C19H22O6/c1-7(2)13-19-9(5-10(20)23-13)17(3)6-8-14(22-8)18(4)12(17)11(15(19)25-19)24-16(18)21/h5,7-8,11-15H,6H2,1-4H3. The first kappa shape index (κ1) is 14.7. The second kappa shape index (κ2) is 3.81. The van der Waals surface area contributed by atoms with E-state index in [0.717, 1.165) is 12.0 Å². The molecule has 2 aliphatic carbocycles. The van der Waals surface area contributed by atoms with Gasteiger partial charge in [-0.15, -0.1) is 0 Å². The van der Waals surface area contributed by atoms with E-state index in [1.54, 1.807) is 6.08 Å². The van der Waals surface area contributed by atoms with Crippen molar-refractivity contribution in [3.05, 3.63) is 11.6 Å². The fraction of sp³-hybridized carbons (Fsp3) is 0.789. The molecule has 0 bridgehead atoms. The lowest BCUT2D eigenvalue weighted by Gasteiger charge is -2.52. The number of esters is 2. The van der Waals surface area contributed by atoms with Crippen molar-refractivity contribution >= 4 is 11.9 Å². The second-order valence-electron chi connectivity index (χ2n) is 9.34. The molecule has 0 radical (unpaired) electrons. The Morgan fingerprint density at radius 1 is 1.16 bits per heavy atom. The minimum atomic E-state index is -0.657. The molecule has 25 heavy (non-hydrogen) atoms. The molecule has 0 aromatic heterocycles. The van der Waals surface area contributed by atoms with Crippen molar-refractivity contribution in [3.63, 3.8) is 0 Å². The SMILES string of the molecule is CC(C)C1OC(=O)C=C2C3(C)CC4OC4C4(C)C(=O)OC(C34)C3OC213. The van der Waals surface area contributed by atoms with Crippen LogP contribution in [-0.2, 0) is 28.5 Å². The number of cyclic esters (lactones) is 1. The highest BCUT2D eigenvalue weighted by Gasteiger charge is 2.86. The van der Waals surface area contributed by atoms with Gasteiger partial charge < -0.3 is 18.9 Å². The van der Waals surface area contributed by atoms with Gasteiger partial charge in [0.25, 0.3) is 0 Å². The van der Waals surface area contributed by atoms with Gasteiger partial charge in [0.2, 0.25) is 0 Å². The van der Waals surface area contributed by atoms with Gasteiger partial charge in [0.1, 0.15) is 29.8 Å². The summed E-state index contributed by atoms with van der Waals surface area (Å²) < 4.78 is 23.7. The van der Waals surface area contributed by atoms with Crippen molar-refractivity contribution in [1.82, 2.24) is 0 Å². The highest BCUT2D eigenvalue weighted by atomic mass is 16.7. The van der Waals surface area contributed by atoms with Gasteiger partial charge in [-0.1, -0.05) is 20.8 Å². The van der Waals surface area contributed by atoms with E-state index in [0.29, 0.717) is 0 Å². The van der Waals surface area contributed by atoms with Gasteiger partial charge in [-0.3, -0.25) is 4.79 Å². The quantitative estimate of drug-likeness (QED) is 0.527. The molecule has 2 saturated carbocycles. The summed E-state index contributed by atoms with van der Waals surface area (Å²) in [4.78, 5) is 25.2. The number of epoxide rings is 2. The zero-order chi connectivity index (χ0) is 17.5. The normalized spacial score (nSPS) is 59.8. The number of hydrogen-bond donors (Lipinski definition) is 0. The smallest absolute Gasteiger partial charge is 0.331 e. The molecule has 6 rings (SSSR count). The summed E-state index contributed by atoms with van der Waals surface area (Å²) >= 11 is 0. The maximum Gasteiger partial charge on any atom is 0.331 e. The van der Waals surface area contributed by atoms with Crippen LogP contribution in [0.5, 0.6) is 0 Å². The third kappa shape index (κ3) is 1.34. The van der Waals surface area contributed by atoms with Crippen molar-refractivity contribution in [2.45, 2.75) is 70.2 Å². The lowest BCUT2D eigenvalue weighted by Crippen LogP contribution is -2.62. The predicted molar refractivity (Wildman–Crippen MR) is 83.3 cm³/mol. The maximum absolute atomic E-state index is 12.8. The lowest BCUT2D eigenvalue weighted by atomic mass is 9.47. The Kier molecular flexibility index (Phi) is 2.25. The number of fused-ring (bicyclic) bond motifs is 4. The molecule has 4 aliphatic heterocycles. The number of hydrogen-bond acceptors (Lipinski definition) is 6. The molecule has 0 amide bonds. The Hall–Kier alpha value is -1.40. The average molecular weight is 346 g/mol. The first-order chi connectivity index (χ1) is 11.7. The van der Waals surface area contributed by atoms with Crippen molar-refractivity contribution in [1.29, 1.82) is 0 Å². The first-order valence-corrected chi connectivity index (χ1v) is 9.22. The Morgan fingerprint density at radius 3 is 2.64 bits per heavy atom. The molecule has 1 spiro atoms. The second-order valence-corrected chi connectivity index (χ2v) is 9.34. The Morgan fingerprint density at radius 2 is 1.92 bits per heavy atom. The van der Waals surface area contributed by atoms with Crippen LogP contribution < -0.4 is 0 Å². The van der Waals surface area contributed by atoms with E-state index < -0.39 is 11.0 Å². The summed E-state index contributed by atoms with van der Waals surface area (Å²) in [5.41, 5.74) is -0.649. The minimum absolute atomic E-state index is 0.0261. The zero-order valence-electron chi connectivity index (χ0n) is 14.8. The van der Waals surface area contributed by atoms with E-state index in [1.807, 2.05) is 20.8 Å². The summed E-state index contributed by atoms with van der Waals surface area (Å²) in [6.45, 7) is 8.20. The number of ether oxygens (including phenoxy) is 4. The molecule has 9 atom stereocenters. The summed E-state index contributed by atoms with van der Waals surface area (Å²) in [5.74, 6) is -0.394. The van der Waals surface area contributed by atoms with Crippen LogP contribution in [0.4, 0.5) is 0 Å². The average Bonchev–Trinajstić information content (AvgIpc) is 3.41. The van der Waals surface area contributed by atoms with Gasteiger partial charge in [-0.2, -0.15) is 0 Å². The lowest BCUT2D eigenvalue weighted by molar-refractivity contribution is -0.153. The van der Waals surface area contributed by atoms with Gasteiger partial charge in [0.05, 0.1) is 6.10 Å². The first-order valence-electron chi connectivity index (χ1n) is 9.22. The van der Waals surface area contributed by atoms with Crippen LogP contribution in [0.1, 0.15) is 34.1 Å². The molecule has 0 aromatic carbocycles. The molecular weight excluding hydrogens is 324 g/mol. The number of carbonyl (C=O) groups is 2. The fourth-order valence-electron chi connectivity index (χ4n) is 6.79. The summed E-state index contributed by atoms with van der Waals surface area (Å²) in [6.07, 6.45) is 1.56. The van der Waals surface area contributed by atoms with Gasteiger partial charge >= 0.3 is 11.9 Å². The van der Waals surface area contributed by atoms with Gasteiger partial charge in [0, 0.05) is 17.4 Å². The summed E-state index contributed by atoms with van der Waals surface area (Å²) in [5, 5.41) is 0. The van der Waals surface area contributed by atoms with E-state index in [9.17, 15) is 9.59 Å². The molecule has 0 aromatic rings. The van der Waals surface area contributed by atoms with Crippen LogP contribution in [-0.4, -0.2) is 48.1 Å². The molecule has 9 unspecified atom stereocenters. The van der Waals surface area contributed by atoms with E-state index >= 15 is 0 Å². The van der Waals surface area contributed by atoms with Crippen molar-refractivity contribution < 1.29 is 28.5 Å². The van der Waals surface area contributed by atoms with Crippen LogP contribution in [0.2, 0.25) is 0 Å². The molecule has 6 aliphatic rings. The zero-order valence-corrected chi connectivity index (χ0v) is 14.8.